The van der Waals surface area contributed by atoms with E-state index in [0.717, 1.165) is 6.20 Å². The van der Waals surface area contributed by atoms with Crippen molar-refractivity contribution in [3.05, 3.63) is 57.8 Å². The highest BCUT2D eigenvalue weighted by Gasteiger charge is 2.12. The second-order valence-corrected chi connectivity index (χ2v) is 4.19. The highest BCUT2D eigenvalue weighted by atomic mass is 16.6. The van der Waals surface area contributed by atoms with E-state index in [1.165, 1.54) is 19.2 Å². The van der Waals surface area contributed by atoms with Crippen molar-refractivity contribution in [1.82, 2.24) is 4.98 Å². The zero-order valence-corrected chi connectivity index (χ0v) is 11.4. The maximum Gasteiger partial charge on any atom is 0.337 e. The number of aromatic nitrogens is 1. The van der Waals surface area contributed by atoms with E-state index in [1.54, 1.807) is 25.1 Å². The summed E-state index contributed by atoms with van der Waals surface area (Å²) >= 11 is 0. The van der Waals surface area contributed by atoms with Crippen LogP contribution in [0.4, 0.5) is 5.69 Å². The van der Waals surface area contributed by atoms with Gasteiger partial charge in [-0.25, -0.2) is 9.78 Å². The number of ether oxygens (including phenoxy) is 2. The second kappa shape index (κ2) is 6.00. The van der Waals surface area contributed by atoms with Crippen molar-refractivity contribution in [1.29, 1.82) is 0 Å². The van der Waals surface area contributed by atoms with Crippen molar-refractivity contribution in [3.63, 3.8) is 0 Å². The fraction of sp³-hybridized carbons (Fsp3) is 0.143. The number of carbonyl (C=O) groups is 1. The molecular weight excluding hydrogens is 276 g/mol. The Kier molecular flexibility index (Phi) is 4.13. The Morgan fingerprint density at radius 3 is 2.71 bits per heavy atom. The summed E-state index contributed by atoms with van der Waals surface area (Å²) in [5, 5.41) is 10.6. The third-order valence-electron chi connectivity index (χ3n) is 2.70. The molecule has 1 heterocycles. The summed E-state index contributed by atoms with van der Waals surface area (Å²) in [7, 11) is 1.29. The first-order valence-electron chi connectivity index (χ1n) is 5.98. The number of pyridine rings is 1. The fourth-order valence-electron chi connectivity index (χ4n) is 1.67. The molecule has 0 spiro atoms. The van der Waals surface area contributed by atoms with E-state index >= 15 is 0 Å². The maximum atomic E-state index is 11.4. The maximum absolute atomic E-state index is 11.4. The average molecular weight is 288 g/mol. The number of benzene rings is 1. The van der Waals surface area contributed by atoms with Crippen LogP contribution >= 0.6 is 0 Å². The van der Waals surface area contributed by atoms with Crippen LogP contribution in [0.3, 0.4) is 0 Å². The number of hydrogen-bond acceptors (Lipinski definition) is 6. The van der Waals surface area contributed by atoms with E-state index in [0.29, 0.717) is 16.9 Å². The van der Waals surface area contributed by atoms with Gasteiger partial charge in [0.1, 0.15) is 11.9 Å². The predicted molar refractivity (Wildman–Crippen MR) is 73.5 cm³/mol. The lowest BCUT2D eigenvalue weighted by molar-refractivity contribution is -0.385. The number of hydrogen-bond donors (Lipinski definition) is 0. The number of esters is 1. The van der Waals surface area contributed by atoms with Crippen LogP contribution in [0.25, 0.3) is 0 Å². The van der Waals surface area contributed by atoms with E-state index in [1.807, 2.05) is 0 Å². The predicted octanol–water partition coefficient (Wildman–Crippen LogP) is 2.88. The minimum Gasteiger partial charge on any atom is -0.465 e. The summed E-state index contributed by atoms with van der Waals surface area (Å²) in [6.07, 6.45) is 1.12. The van der Waals surface area contributed by atoms with E-state index in [9.17, 15) is 14.9 Å². The number of carbonyl (C=O) groups excluding carboxylic acids is 1. The van der Waals surface area contributed by atoms with Gasteiger partial charge in [-0.05, 0) is 25.1 Å². The Morgan fingerprint density at radius 1 is 1.33 bits per heavy atom. The molecule has 0 saturated heterocycles. The monoisotopic (exact) mass is 288 g/mol. The standard InChI is InChI=1S/C14H12N2O5/c1-9-6-11(16(18)19)8-15-13(9)21-12-5-3-4-10(7-12)14(17)20-2/h3-8H,1-2H3. The molecule has 1 aromatic carbocycles. The molecule has 0 N–H and O–H groups in total. The molecule has 2 aromatic rings. The number of rotatable bonds is 4. The van der Waals surface area contributed by atoms with Crippen molar-refractivity contribution in [2.24, 2.45) is 0 Å². The van der Waals surface area contributed by atoms with Crippen molar-refractivity contribution in [2.75, 3.05) is 7.11 Å². The van der Waals surface area contributed by atoms with Crippen LogP contribution < -0.4 is 4.74 Å². The number of methoxy groups -OCH3 is 1. The molecule has 21 heavy (non-hydrogen) atoms. The first-order valence-corrected chi connectivity index (χ1v) is 5.98. The van der Waals surface area contributed by atoms with Crippen LogP contribution in [0, 0.1) is 17.0 Å². The van der Waals surface area contributed by atoms with Gasteiger partial charge in [0.05, 0.1) is 17.6 Å². The topological polar surface area (TPSA) is 91.6 Å². The van der Waals surface area contributed by atoms with Crippen LogP contribution in [0.5, 0.6) is 11.6 Å². The minimum absolute atomic E-state index is 0.108. The molecule has 0 amide bonds. The summed E-state index contributed by atoms with van der Waals surface area (Å²) in [5.74, 6) is 0.152. The molecule has 7 nitrogen and oxygen atoms in total. The van der Waals surface area contributed by atoms with Gasteiger partial charge < -0.3 is 9.47 Å². The molecular formula is C14H12N2O5. The molecule has 0 aliphatic carbocycles. The molecule has 2 rings (SSSR count). The first-order chi connectivity index (χ1) is 10.0. The van der Waals surface area contributed by atoms with Crippen LogP contribution in [-0.2, 0) is 4.74 Å². The molecule has 0 atom stereocenters. The molecule has 1 aromatic heterocycles. The van der Waals surface area contributed by atoms with Crippen LogP contribution in [-0.4, -0.2) is 23.0 Å². The zero-order valence-electron chi connectivity index (χ0n) is 11.4. The summed E-state index contributed by atoms with van der Waals surface area (Å²) in [6, 6.07) is 7.76. The third-order valence-corrected chi connectivity index (χ3v) is 2.70. The largest absolute Gasteiger partial charge is 0.465 e. The lowest BCUT2D eigenvalue weighted by atomic mass is 10.2. The number of nitro groups is 1. The molecule has 0 aliphatic rings. The van der Waals surface area contributed by atoms with Crippen molar-refractivity contribution in [3.8, 4) is 11.6 Å². The van der Waals surface area contributed by atoms with E-state index < -0.39 is 10.9 Å². The van der Waals surface area contributed by atoms with E-state index in [2.05, 4.69) is 9.72 Å². The Hall–Kier alpha value is -2.96. The highest BCUT2D eigenvalue weighted by Crippen LogP contribution is 2.26. The molecule has 0 fully saturated rings. The van der Waals surface area contributed by atoms with Crippen molar-refractivity contribution < 1.29 is 19.2 Å². The van der Waals surface area contributed by atoms with Crippen LogP contribution in [0.15, 0.2) is 36.5 Å². The Bertz CT molecular complexity index is 700. The van der Waals surface area contributed by atoms with Crippen LogP contribution in [0.1, 0.15) is 15.9 Å². The Morgan fingerprint density at radius 2 is 2.10 bits per heavy atom. The molecule has 7 heteroatoms. The normalized spacial score (nSPS) is 10.0. The lowest BCUT2D eigenvalue weighted by Crippen LogP contribution is -2.01. The average Bonchev–Trinajstić information content (AvgIpc) is 2.48. The SMILES string of the molecule is COC(=O)c1cccc(Oc2ncc([N+](=O)[O-])cc2C)c1. The van der Waals surface area contributed by atoms with Gasteiger partial charge in [-0.1, -0.05) is 6.07 Å². The third kappa shape index (κ3) is 3.33. The van der Waals surface area contributed by atoms with Gasteiger partial charge in [-0.2, -0.15) is 0 Å². The highest BCUT2D eigenvalue weighted by molar-refractivity contribution is 5.89. The summed E-state index contributed by atoms with van der Waals surface area (Å²) < 4.78 is 10.2. The molecule has 0 radical (unpaired) electrons. The fourth-order valence-corrected chi connectivity index (χ4v) is 1.67. The van der Waals surface area contributed by atoms with Gasteiger partial charge in [0.25, 0.3) is 5.69 Å². The smallest absolute Gasteiger partial charge is 0.337 e. The quantitative estimate of drug-likeness (QED) is 0.488. The second-order valence-electron chi connectivity index (χ2n) is 4.19. The molecule has 0 unspecified atom stereocenters. The van der Waals surface area contributed by atoms with Crippen molar-refractivity contribution >= 4 is 11.7 Å². The molecule has 0 bridgehead atoms. The van der Waals surface area contributed by atoms with Crippen LogP contribution in [0.2, 0.25) is 0 Å². The zero-order chi connectivity index (χ0) is 15.4. The van der Waals surface area contributed by atoms with Gasteiger partial charge in [0.15, 0.2) is 0 Å². The number of nitrogens with zero attached hydrogens (tertiary/aromatic N) is 2. The van der Waals surface area contributed by atoms with Gasteiger partial charge in [0.2, 0.25) is 5.88 Å². The summed E-state index contributed by atoms with van der Waals surface area (Å²) in [6.45, 7) is 1.65. The van der Waals surface area contributed by atoms with Gasteiger partial charge in [-0.3, -0.25) is 10.1 Å². The Balaban J connectivity index is 2.26. The molecule has 108 valence electrons. The Labute approximate surface area is 120 Å². The minimum atomic E-state index is -0.526. The van der Waals surface area contributed by atoms with Gasteiger partial charge >= 0.3 is 5.97 Å². The molecule has 0 aliphatic heterocycles. The van der Waals surface area contributed by atoms with Gasteiger partial charge in [0, 0.05) is 11.6 Å². The van der Waals surface area contributed by atoms with Gasteiger partial charge in [-0.15, -0.1) is 0 Å². The summed E-state index contributed by atoms with van der Waals surface area (Å²) in [5.41, 5.74) is 0.755. The van der Waals surface area contributed by atoms with Crippen molar-refractivity contribution in [2.45, 2.75) is 6.92 Å². The lowest BCUT2D eigenvalue weighted by Gasteiger charge is -2.08. The van der Waals surface area contributed by atoms with E-state index in [-0.39, 0.29) is 11.6 Å². The molecule has 0 saturated carbocycles. The summed E-state index contributed by atoms with van der Waals surface area (Å²) in [4.78, 5) is 25.5. The number of aryl methyl sites for hydroxylation is 1. The first kappa shape index (κ1) is 14.4. The van der Waals surface area contributed by atoms with E-state index in [4.69, 9.17) is 4.74 Å².